The van der Waals surface area contributed by atoms with Crippen LogP contribution in [0.25, 0.3) is 11.4 Å². The summed E-state index contributed by atoms with van der Waals surface area (Å²) in [5.74, 6) is -1.08. The van der Waals surface area contributed by atoms with Crippen molar-refractivity contribution in [3.8, 4) is 5.75 Å². The van der Waals surface area contributed by atoms with Crippen LogP contribution in [0.2, 0.25) is 5.02 Å². The zero-order valence-electron chi connectivity index (χ0n) is 25.8. The Morgan fingerprint density at radius 2 is 2.04 bits per heavy atom. The zero-order valence-corrected chi connectivity index (χ0v) is 26.5. The second-order valence-corrected chi connectivity index (χ2v) is 11.9. The van der Waals surface area contributed by atoms with Crippen molar-refractivity contribution in [1.29, 1.82) is 0 Å². The van der Waals surface area contributed by atoms with Gasteiger partial charge in [0.25, 0.3) is 11.5 Å². The zero-order chi connectivity index (χ0) is 34.2. The molecule has 0 saturated carbocycles. The fourth-order valence-corrected chi connectivity index (χ4v) is 6.35. The first kappa shape index (κ1) is 33.2. The predicted molar refractivity (Wildman–Crippen MR) is 169 cm³/mol. The Balaban J connectivity index is 1.32. The van der Waals surface area contributed by atoms with Crippen molar-refractivity contribution in [3.63, 3.8) is 0 Å². The first-order valence-corrected chi connectivity index (χ1v) is 15.7. The summed E-state index contributed by atoms with van der Waals surface area (Å²) in [7, 11) is 0. The Labute approximate surface area is 276 Å². The molecule has 16 heteroatoms. The molecule has 6 rings (SSSR count). The summed E-state index contributed by atoms with van der Waals surface area (Å²) in [6.45, 7) is 2.93. The number of anilines is 1. The van der Waals surface area contributed by atoms with Gasteiger partial charge in [-0.3, -0.25) is 14.4 Å². The molecular weight excluding hydrogens is 655 g/mol. The number of pyridine rings is 1. The van der Waals surface area contributed by atoms with E-state index >= 15 is 0 Å². The van der Waals surface area contributed by atoms with Crippen molar-refractivity contribution in [1.82, 2.24) is 29.0 Å². The van der Waals surface area contributed by atoms with Crippen molar-refractivity contribution in [2.45, 2.75) is 51.2 Å². The van der Waals surface area contributed by atoms with Crippen molar-refractivity contribution in [2.24, 2.45) is 0 Å². The minimum atomic E-state index is -4.60. The number of hydrogen-bond acceptors (Lipinski definition) is 8. The highest BCUT2D eigenvalue weighted by molar-refractivity contribution is 6.33. The van der Waals surface area contributed by atoms with E-state index in [0.29, 0.717) is 62.5 Å². The van der Waals surface area contributed by atoms with Gasteiger partial charge in [0, 0.05) is 30.5 Å². The first-order chi connectivity index (χ1) is 23.0. The van der Waals surface area contributed by atoms with E-state index in [9.17, 15) is 32.7 Å². The van der Waals surface area contributed by atoms with E-state index in [0.717, 1.165) is 23.8 Å². The van der Waals surface area contributed by atoms with Gasteiger partial charge in [0.05, 0.1) is 29.5 Å². The number of aromatic nitrogens is 5. The smallest absolute Gasteiger partial charge is 0.416 e. The summed E-state index contributed by atoms with van der Waals surface area (Å²) in [4.78, 5) is 50.7. The Morgan fingerprint density at radius 3 is 2.73 bits per heavy atom. The number of carbonyl (C=O) groups excluding carboxylic acids is 2. The molecule has 2 N–H and O–H groups in total. The Bertz CT molecular complexity index is 1990. The normalized spacial score (nSPS) is 16.1. The fraction of sp³-hybridized carbons (Fsp3) is 0.375. The monoisotopic (exact) mass is 685 g/mol. The number of hydrogen-bond donors (Lipinski definition) is 2. The topological polar surface area (TPSA) is 144 Å². The van der Waals surface area contributed by atoms with Gasteiger partial charge in [-0.15, -0.1) is 5.10 Å². The molecule has 1 atom stereocenters. The van der Waals surface area contributed by atoms with E-state index in [4.69, 9.17) is 16.3 Å². The molecule has 0 fully saturated rings. The molecule has 4 aromatic rings. The number of alkyl halides is 3. The highest BCUT2D eigenvalue weighted by Crippen LogP contribution is 2.36. The molecule has 1 unspecified atom stereocenters. The van der Waals surface area contributed by atoms with Gasteiger partial charge in [0.1, 0.15) is 12.3 Å². The molecular formula is C32H31ClF3N7O5. The molecule has 0 bridgehead atoms. The van der Waals surface area contributed by atoms with Crippen LogP contribution in [0.1, 0.15) is 65.2 Å². The number of nitrogens with zero attached hydrogens (tertiary/aromatic N) is 6. The number of rotatable bonds is 9. The number of benzene rings is 1. The van der Waals surface area contributed by atoms with Gasteiger partial charge in [-0.1, -0.05) is 17.7 Å². The molecule has 0 saturated heterocycles. The molecule has 2 aliphatic rings. The average Bonchev–Trinajstić information content (AvgIpc) is 3.70. The average molecular weight is 686 g/mol. The van der Waals surface area contributed by atoms with E-state index in [1.165, 1.54) is 22.8 Å². The van der Waals surface area contributed by atoms with Crippen LogP contribution in [0.4, 0.5) is 18.9 Å². The number of amides is 2. The van der Waals surface area contributed by atoms with Crippen LogP contribution in [0.3, 0.4) is 0 Å². The van der Waals surface area contributed by atoms with Crippen molar-refractivity contribution in [2.75, 3.05) is 31.6 Å². The summed E-state index contributed by atoms with van der Waals surface area (Å²) >= 11 is 6.09. The van der Waals surface area contributed by atoms with Crippen LogP contribution in [0, 0.1) is 0 Å². The van der Waals surface area contributed by atoms with Gasteiger partial charge >= 0.3 is 6.18 Å². The van der Waals surface area contributed by atoms with Crippen LogP contribution < -0.4 is 10.9 Å². The Hall–Kier alpha value is -4.76. The summed E-state index contributed by atoms with van der Waals surface area (Å²) in [5, 5.41) is 17.0. The van der Waals surface area contributed by atoms with Gasteiger partial charge in [-0.25, -0.2) is 4.98 Å². The minimum Gasteiger partial charge on any atom is -0.505 e. The van der Waals surface area contributed by atoms with Crippen LogP contribution in [-0.2, 0) is 28.7 Å². The molecule has 1 aromatic carbocycles. The summed E-state index contributed by atoms with van der Waals surface area (Å²) in [6, 6.07) is 5.56. The van der Waals surface area contributed by atoms with Crippen molar-refractivity contribution in [3.05, 3.63) is 86.3 Å². The van der Waals surface area contributed by atoms with E-state index in [2.05, 4.69) is 20.4 Å². The molecule has 4 heterocycles. The lowest BCUT2D eigenvalue weighted by Gasteiger charge is -2.23. The molecule has 2 amide bonds. The molecule has 3 aromatic heterocycles. The molecule has 252 valence electrons. The van der Waals surface area contributed by atoms with Gasteiger partial charge < -0.3 is 24.6 Å². The molecule has 48 heavy (non-hydrogen) atoms. The quantitative estimate of drug-likeness (QED) is 0.258. The molecule has 1 aliphatic carbocycles. The highest BCUT2D eigenvalue weighted by atomic mass is 35.5. The van der Waals surface area contributed by atoms with Crippen LogP contribution >= 0.6 is 11.6 Å². The summed E-state index contributed by atoms with van der Waals surface area (Å²) in [6.07, 6.45) is 0.591. The number of fused-ring (bicyclic) bond motifs is 2. The number of carbonyl (C=O) groups is 2. The Morgan fingerprint density at radius 1 is 1.23 bits per heavy atom. The number of ether oxygens (including phenoxy) is 1. The maximum Gasteiger partial charge on any atom is 0.416 e. The summed E-state index contributed by atoms with van der Waals surface area (Å²) in [5.41, 5.74) is 0.435. The number of halogens is 4. The Kier molecular flexibility index (Phi) is 9.25. The second-order valence-electron chi connectivity index (χ2n) is 11.5. The van der Waals surface area contributed by atoms with Gasteiger partial charge in [0.2, 0.25) is 11.7 Å². The highest BCUT2D eigenvalue weighted by Gasteiger charge is 2.34. The van der Waals surface area contributed by atoms with Crippen molar-refractivity contribution >= 4 is 40.5 Å². The SMILES string of the molecule is CCN(CCC1CCc2c1c(=O)n1nc(C3=CCOCC3)nc1n2CC(=O)Nc1ccc(C(F)(F)F)cc1Cl)C(=O)c1ncccc1O. The lowest BCUT2D eigenvalue weighted by atomic mass is 9.99. The third kappa shape index (κ3) is 6.52. The molecule has 0 radical (unpaired) electrons. The fourth-order valence-electron chi connectivity index (χ4n) is 6.13. The first-order valence-electron chi connectivity index (χ1n) is 15.4. The molecule has 12 nitrogen and oxygen atoms in total. The third-order valence-electron chi connectivity index (χ3n) is 8.56. The molecule has 1 aliphatic heterocycles. The lowest BCUT2D eigenvalue weighted by Crippen LogP contribution is -2.34. The van der Waals surface area contributed by atoms with E-state index in [1.807, 2.05) is 6.08 Å². The lowest BCUT2D eigenvalue weighted by molar-refractivity contribution is -0.137. The maximum absolute atomic E-state index is 14.0. The second kappa shape index (κ2) is 13.4. The van der Waals surface area contributed by atoms with E-state index < -0.39 is 23.6 Å². The minimum absolute atomic E-state index is 0.000891. The number of aromatic hydroxyl groups is 1. The largest absolute Gasteiger partial charge is 0.505 e. The van der Waals surface area contributed by atoms with Crippen LogP contribution in [0.5, 0.6) is 5.75 Å². The number of nitrogens with one attached hydrogen (secondary N) is 1. The van der Waals surface area contributed by atoms with Gasteiger partial charge in [0.15, 0.2) is 11.5 Å². The summed E-state index contributed by atoms with van der Waals surface area (Å²) < 4.78 is 47.6. The van der Waals surface area contributed by atoms with Crippen LogP contribution in [0.15, 0.2) is 47.4 Å². The van der Waals surface area contributed by atoms with E-state index in [-0.39, 0.29) is 52.5 Å². The third-order valence-corrected chi connectivity index (χ3v) is 8.87. The predicted octanol–water partition coefficient (Wildman–Crippen LogP) is 4.69. The van der Waals surface area contributed by atoms with E-state index in [1.54, 1.807) is 16.4 Å². The standard InChI is InChI=1S/C32H31ClF3N7O5/c1-2-41(30(47)27-24(44)4-3-12-37-27)13-9-18-5-8-23-26(18)29(46)43-31(39-28(40-43)19-10-14-48-15-11-19)42(23)17-25(45)38-22-7-6-20(16-21(22)33)32(34,35)36/h3-4,6-7,10,12,16,18,44H,2,5,8-9,11,13-15,17H2,1H3,(H,38,45). The van der Waals surface area contributed by atoms with Crippen molar-refractivity contribution < 1.29 is 32.6 Å². The van der Waals surface area contributed by atoms with Gasteiger partial charge in [-0.05, 0) is 74.4 Å². The van der Waals surface area contributed by atoms with Crippen LogP contribution in [-0.4, -0.2) is 72.3 Å². The van der Waals surface area contributed by atoms with Gasteiger partial charge in [-0.2, -0.15) is 22.7 Å². The molecule has 0 spiro atoms. The maximum atomic E-state index is 14.0.